The Morgan fingerprint density at radius 2 is 1.67 bits per heavy atom. The van der Waals surface area contributed by atoms with Crippen LogP contribution in [0.15, 0.2) is 0 Å². The fourth-order valence-electron chi connectivity index (χ4n) is 1.21. The molecule has 1 heterocycles. The van der Waals surface area contributed by atoms with Gasteiger partial charge in [0.05, 0.1) is 7.11 Å². The van der Waals surface area contributed by atoms with Gasteiger partial charge in [0.2, 0.25) is 0 Å². The van der Waals surface area contributed by atoms with Crippen molar-refractivity contribution in [2.24, 2.45) is 0 Å². The molecule has 0 radical (unpaired) electrons. The van der Waals surface area contributed by atoms with Crippen LogP contribution in [0.1, 0.15) is 33.1 Å². The second kappa shape index (κ2) is 6.95. The number of carbonyl (C=O) groups is 1. The SMILES string of the molecule is CC.COC(=O)N1CCCCC1. The molecule has 0 aromatic carbocycles. The Kier molecular flexibility index (Phi) is 6.53. The molecule has 1 aliphatic heterocycles. The van der Waals surface area contributed by atoms with Crippen molar-refractivity contribution in [3.63, 3.8) is 0 Å². The standard InChI is InChI=1S/C7H13NO2.C2H6/c1-10-7(9)8-5-3-2-4-6-8;1-2/h2-6H2,1H3;1-2H3. The first-order valence-corrected chi connectivity index (χ1v) is 4.67. The van der Waals surface area contributed by atoms with E-state index in [-0.39, 0.29) is 6.09 Å². The van der Waals surface area contributed by atoms with Crippen molar-refractivity contribution in [2.75, 3.05) is 20.2 Å². The van der Waals surface area contributed by atoms with Crippen LogP contribution in [-0.4, -0.2) is 31.2 Å². The zero-order chi connectivity index (χ0) is 9.40. The molecule has 1 saturated heterocycles. The summed E-state index contributed by atoms with van der Waals surface area (Å²) < 4.78 is 4.58. The van der Waals surface area contributed by atoms with E-state index in [1.165, 1.54) is 13.5 Å². The molecule has 1 aliphatic rings. The average Bonchev–Trinajstić information content (AvgIpc) is 2.21. The summed E-state index contributed by atoms with van der Waals surface area (Å²) in [6.45, 7) is 5.74. The monoisotopic (exact) mass is 173 g/mol. The first kappa shape index (κ1) is 11.3. The Hall–Kier alpha value is -0.730. The predicted octanol–water partition coefficient (Wildman–Crippen LogP) is 2.26. The summed E-state index contributed by atoms with van der Waals surface area (Å²) in [6, 6.07) is 0. The normalized spacial score (nSPS) is 16.1. The maximum Gasteiger partial charge on any atom is 0.409 e. The molecular formula is C9H19NO2. The first-order valence-electron chi connectivity index (χ1n) is 4.67. The van der Waals surface area contributed by atoms with E-state index in [9.17, 15) is 4.79 Å². The van der Waals surface area contributed by atoms with E-state index in [1.54, 1.807) is 4.90 Å². The van der Waals surface area contributed by atoms with Gasteiger partial charge in [0.15, 0.2) is 0 Å². The lowest BCUT2D eigenvalue weighted by molar-refractivity contribution is 0.115. The number of ether oxygens (including phenoxy) is 1. The topological polar surface area (TPSA) is 29.5 Å². The van der Waals surface area contributed by atoms with Crippen molar-refractivity contribution in [3.05, 3.63) is 0 Å². The maximum atomic E-state index is 10.9. The van der Waals surface area contributed by atoms with Crippen LogP contribution < -0.4 is 0 Å². The van der Waals surface area contributed by atoms with E-state index in [1.807, 2.05) is 13.8 Å². The Labute approximate surface area is 74.7 Å². The number of hydrogen-bond donors (Lipinski definition) is 0. The van der Waals surface area contributed by atoms with Crippen molar-refractivity contribution in [3.8, 4) is 0 Å². The lowest BCUT2D eigenvalue weighted by Gasteiger charge is -2.24. The highest BCUT2D eigenvalue weighted by Crippen LogP contribution is 2.08. The molecule has 0 saturated carbocycles. The molecule has 1 fully saturated rings. The van der Waals surface area contributed by atoms with Gasteiger partial charge in [-0.25, -0.2) is 4.79 Å². The van der Waals surface area contributed by atoms with Gasteiger partial charge in [0.25, 0.3) is 0 Å². The van der Waals surface area contributed by atoms with E-state index in [0.29, 0.717) is 0 Å². The fourth-order valence-corrected chi connectivity index (χ4v) is 1.21. The van der Waals surface area contributed by atoms with E-state index in [2.05, 4.69) is 4.74 Å². The average molecular weight is 173 g/mol. The second-order valence-corrected chi connectivity index (χ2v) is 2.52. The highest BCUT2D eigenvalue weighted by atomic mass is 16.5. The van der Waals surface area contributed by atoms with Gasteiger partial charge < -0.3 is 9.64 Å². The lowest BCUT2D eigenvalue weighted by Crippen LogP contribution is -2.35. The number of carbonyl (C=O) groups excluding carboxylic acids is 1. The van der Waals surface area contributed by atoms with Gasteiger partial charge in [-0.3, -0.25) is 0 Å². The number of nitrogens with zero attached hydrogens (tertiary/aromatic N) is 1. The van der Waals surface area contributed by atoms with E-state index < -0.39 is 0 Å². The highest BCUT2D eigenvalue weighted by Gasteiger charge is 2.15. The minimum absolute atomic E-state index is 0.181. The van der Waals surface area contributed by atoms with Crippen LogP contribution in [0.2, 0.25) is 0 Å². The van der Waals surface area contributed by atoms with E-state index >= 15 is 0 Å². The second-order valence-electron chi connectivity index (χ2n) is 2.52. The van der Waals surface area contributed by atoms with Gasteiger partial charge in [0.1, 0.15) is 0 Å². The van der Waals surface area contributed by atoms with Crippen LogP contribution >= 0.6 is 0 Å². The summed E-state index contributed by atoms with van der Waals surface area (Å²) in [5, 5.41) is 0. The Morgan fingerprint density at radius 3 is 2.08 bits per heavy atom. The molecule has 1 amide bonds. The van der Waals surface area contributed by atoms with Gasteiger partial charge in [-0.2, -0.15) is 0 Å². The number of amides is 1. The predicted molar refractivity (Wildman–Crippen MR) is 49.2 cm³/mol. The summed E-state index contributed by atoms with van der Waals surface area (Å²) in [4.78, 5) is 12.6. The molecule has 72 valence electrons. The molecule has 0 aliphatic carbocycles. The maximum absolute atomic E-state index is 10.9. The number of piperidine rings is 1. The van der Waals surface area contributed by atoms with Gasteiger partial charge in [0, 0.05) is 13.1 Å². The molecule has 0 bridgehead atoms. The van der Waals surface area contributed by atoms with Crippen LogP contribution in [0.4, 0.5) is 4.79 Å². The number of rotatable bonds is 0. The molecule has 0 N–H and O–H groups in total. The quantitative estimate of drug-likeness (QED) is 0.562. The third-order valence-corrected chi connectivity index (χ3v) is 1.79. The Balaban J connectivity index is 0.000000561. The molecule has 1 rings (SSSR count). The minimum Gasteiger partial charge on any atom is -0.453 e. The molecule has 3 nitrogen and oxygen atoms in total. The molecule has 3 heteroatoms. The van der Waals surface area contributed by atoms with Crippen LogP contribution in [-0.2, 0) is 4.74 Å². The van der Waals surface area contributed by atoms with E-state index in [4.69, 9.17) is 0 Å². The number of likely N-dealkylation sites (tertiary alicyclic amines) is 1. The van der Waals surface area contributed by atoms with Gasteiger partial charge >= 0.3 is 6.09 Å². The largest absolute Gasteiger partial charge is 0.453 e. The van der Waals surface area contributed by atoms with Crippen molar-refractivity contribution < 1.29 is 9.53 Å². The van der Waals surface area contributed by atoms with Crippen LogP contribution in [0, 0.1) is 0 Å². The van der Waals surface area contributed by atoms with Crippen molar-refractivity contribution in [1.82, 2.24) is 4.90 Å². The molecule has 12 heavy (non-hydrogen) atoms. The summed E-state index contributed by atoms with van der Waals surface area (Å²) in [5.74, 6) is 0. The smallest absolute Gasteiger partial charge is 0.409 e. The molecule has 0 atom stereocenters. The minimum atomic E-state index is -0.181. The van der Waals surface area contributed by atoms with Crippen LogP contribution in [0.3, 0.4) is 0 Å². The van der Waals surface area contributed by atoms with Crippen molar-refractivity contribution >= 4 is 6.09 Å². The van der Waals surface area contributed by atoms with Crippen LogP contribution in [0.25, 0.3) is 0 Å². The Bertz CT molecular complexity index is 120. The van der Waals surface area contributed by atoms with Gasteiger partial charge in [-0.1, -0.05) is 13.8 Å². The molecular weight excluding hydrogens is 154 g/mol. The molecule has 0 aromatic heterocycles. The third-order valence-electron chi connectivity index (χ3n) is 1.79. The summed E-state index contributed by atoms with van der Waals surface area (Å²) >= 11 is 0. The summed E-state index contributed by atoms with van der Waals surface area (Å²) in [5.41, 5.74) is 0. The fraction of sp³-hybridized carbons (Fsp3) is 0.889. The summed E-state index contributed by atoms with van der Waals surface area (Å²) in [6.07, 6.45) is 3.30. The first-order chi connectivity index (χ1) is 5.84. The van der Waals surface area contributed by atoms with Gasteiger partial charge in [-0.15, -0.1) is 0 Å². The lowest BCUT2D eigenvalue weighted by atomic mass is 10.1. The molecule has 0 aromatic rings. The number of hydrogen-bond acceptors (Lipinski definition) is 2. The molecule has 0 spiro atoms. The third kappa shape index (κ3) is 3.60. The number of methoxy groups -OCH3 is 1. The van der Waals surface area contributed by atoms with Crippen LogP contribution in [0.5, 0.6) is 0 Å². The van der Waals surface area contributed by atoms with Crippen molar-refractivity contribution in [1.29, 1.82) is 0 Å². The highest BCUT2D eigenvalue weighted by molar-refractivity contribution is 5.67. The zero-order valence-electron chi connectivity index (χ0n) is 8.30. The molecule has 0 unspecified atom stereocenters. The van der Waals surface area contributed by atoms with Gasteiger partial charge in [-0.05, 0) is 19.3 Å². The van der Waals surface area contributed by atoms with E-state index in [0.717, 1.165) is 25.9 Å². The summed E-state index contributed by atoms with van der Waals surface area (Å²) in [7, 11) is 1.43. The Morgan fingerprint density at radius 1 is 1.17 bits per heavy atom. The zero-order valence-corrected chi connectivity index (χ0v) is 8.30. The van der Waals surface area contributed by atoms with Crippen molar-refractivity contribution in [2.45, 2.75) is 33.1 Å².